The van der Waals surface area contributed by atoms with Gasteiger partial charge in [-0.05, 0) is 31.6 Å². The van der Waals surface area contributed by atoms with Crippen LogP contribution in [0.3, 0.4) is 0 Å². The topological polar surface area (TPSA) is 9.23 Å². The predicted octanol–water partition coefficient (Wildman–Crippen LogP) is 2.46. The van der Waals surface area contributed by atoms with Crippen molar-refractivity contribution < 1.29 is 4.74 Å². The van der Waals surface area contributed by atoms with Gasteiger partial charge in [0.1, 0.15) is 0 Å². The molecule has 0 bridgehead atoms. The zero-order valence-electron chi connectivity index (χ0n) is 7.10. The van der Waals surface area contributed by atoms with Crippen LogP contribution in [-0.4, -0.2) is 13.2 Å². The highest BCUT2D eigenvalue weighted by Gasteiger charge is 2.20. The summed E-state index contributed by atoms with van der Waals surface area (Å²) in [6.07, 6.45) is 4.19. The van der Waals surface area contributed by atoms with Gasteiger partial charge in [-0.2, -0.15) is 0 Å². The molecule has 0 saturated heterocycles. The van der Waals surface area contributed by atoms with Crippen LogP contribution in [0.25, 0.3) is 0 Å². The molecule has 1 aliphatic carbocycles. The van der Waals surface area contributed by atoms with Crippen molar-refractivity contribution in [3.8, 4) is 0 Å². The van der Waals surface area contributed by atoms with Crippen molar-refractivity contribution in [1.29, 1.82) is 0 Å². The third-order valence-corrected chi connectivity index (χ3v) is 2.36. The van der Waals surface area contributed by atoms with E-state index in [1.807, 2.05) is 0 Å². The normalized spacial score (nSPS) is 33.0. The summed E-state index contributed by atoms with van der Waals surface area (Å²) in [6, 6.07) is 0. The molecule has 0 radical (unpaired) electrons. The van der Waals surface area contributed by atoms with E-state index in [0.717, 1.165) is 25.0 Å². The van der Waals surface area contributed by atoms with Crippen molar-refractivity contribution in [3.05, 3.63) is 0 Å². The van der Waals surface area contributed by atoms with Crippen molar-refractivity contribution in [1.82, 2.24) is 0 Å². The second-order valence-corrected chi connectivity index (χ2v) is 3.44. The van der Waals surface area contributed by atoms with E-state index in [-0.39, 0.29) is 0 Å². The zero-order valence-corrected chi connectivity index (χ0v) is 7.10. The number of hydrogen-bond donors (Lipinski definition) is 0. The second-order valence-electron chi connectivity index (χ2n) is 3.44. The highest BCUT2D eigenvalue weighted by Crippen LogP contribution is 2.30. The van der Waals surface area contributed by atoms with Crippen molar-refractivity contribution in [2.75, 3.05) is 13.2 Å². The van der Waals surface area contributed by atoms with Crippen LogP contribution in [0.1, 0.15) is 33.1 Å². The molecule has 0 aliphatic heterocycles. The first-order chi connectivity index (χ1) is 4.83. The Bertz CT molecular complexity index is 90.7. The smallest absolute Gasteiger partial charge is 0.0494 e. The Labute approximate surface area is 63.8 Å². The Hall–Kier alpha value is -0.0400. The highest BCUT2D eigenvalue weighted by atomic mass is 16.5. The summed E-state index contributed by atoms with van der Waals surface area (Å²) >= 11 is 0. The van der Waals surface area contributed by atoms with E-state index >= 15 is 0 Å². The van der Waals surface area contributed by atoms with E-state index in [0.29, 0.717) is 0 Å². The molecule has 2 unspecified atom stereocenters. The molecule has 60 valence electrons. The van der Waals surface area contributed by atoms with Gasteiger partial charge >= 0.3 is 0 Å². The summed E-state index contributed by atoms with van der Waals surface area (Å²) in [6.45, 7) is 6.29. The molecule has 1 aliphatic rings. The second kappa shape index (κ2) is 3.97. The summed E-state index contributed by atoms with van der Waals surface area (Å²) in [5.41, 5.74) is 0. The summed E-state index contributed by atoms with van der Waals surface area (Å²) < 4.78 is 5.37. The van der Waals surface area contributed by atoms with Gasteiger partial charge in [-0.25, -0.2) is 0 Å². The summed E-state index contributed by atoms with van der Waals surface area (Å²) in [5, 5.41) is 0. The fourth-order valence-electron chi connectivity index (χ4n) is 1.76. The largest absolute Gasteiger partial charge is 0.381 e. The SMILES string of the molecule is CCOCC1CCC(C)C1. The lowest BCUT2D eigenvalue weighted by molar-refractivity contribution is 0.111. The van der Waals surface area contributed by atoms with Crippen LogP contribution < -0.4 is 0 Å². The fourth-order valence-corrected chi connectivity index (χ4v) is 1.76. The molecule has 1 heteroatoms. The van der Waals surface area contributed by atoms with Crippen LogP contribution in [-0.2, 0) is 4.74 Å². The van der Waals surface area contributed by atoms with Crippen molar-refractivity contribution in [3.63, 3.8) is 0 Å². The molecule has 2 atom stereocenters. The molecule has 1 saturated carbocycles. The predicted molar refractivity (Wildman–Crippen MR) is 43.0 cm³/mol. The van der Waals surface area contributed by atoms with E-state index in [1.165, 1.54) is 19.3 Å². The number of rotatable bonds is 3. The van der Waals surface area contributed by atoms with Crippen LogP contribution in [0, 0.1) is 11.8 Å². The molecule has 10 heavy (non-hydrogen) atoms. The van der Waals surface area contributed by atoms with Gasteiger partial charge in [0.15, 0.2) is 0 Å². The molecule has 1 rings (SSSR count). The minimum Gasteiger partial charge on any atom is -0.381 e. The van der Waals surface area contributed by atoms with Crippen LogP contribution in [0.2, 0.25) is 0 Å². The van der Waals surface area contributed by atoms with E-state index < -0.39 is 0 Å². The molecule has 1 fully saturated rings. The van der Waals surface area contributed by atoms with Gasteiger partial charge < -0.3 is 4.74 Å². The maximum absolute atomic E-state index is 5.37. The zero-order chi connectivity index (χ0) is 7.40. The lowest BCUT2D eigenvalue weighted by Crippen LogP contribution is -2.05. The molecule has 0 heterocycles. The molecule has 0 aromatic rings. The maximum Gasteiger partial charge on any atom is 0.0494 e. The summed E-state index contributed by atoms with van der Waals surface area (Å²) in [7, 11) is 0. The minimum atomic E-state index is 0.870. The standard InChI is InChI=1S/C9H18O/c1-3-10-7-9-5-4-8(2)6-9/h8-9H,3-7H2,1-2H3. The van der Waals surface area contributed by atoms with Crippen LogP contribution in [0.5, 0.6) is 0 Å². The van der Waals surface area contributed by atoms with Gasteiger partial charge in [0, 0.05) is 13.2 Å². The number of hydrogen-bond acceptors (Lipinski definition) is 1. The Balaban J connectivity index is 2.06. The molecule has 0 aromatic heterocycles. The summed E-state index contributed by atoms with van der Waals surface area (Å²) in [4.78, 5) is 0. The average Bonchev–Trinajstić information content (AvgIpc) is 2.31. The Morgan fingerprint density at radius 1 is 1.40 bits per heavy atom. The van der Waals surface area contributed by atoms with Crippen molar-refractivity contribution in [2.45, 2.75) is 33.1 Å². The first kappa shape index (κ1) is 8.06. The van der Waals surface area contributed by atoms with Crippen molar-refractivity contribution in [2.24, 2.45) is 11.8 Å². The summed E-state index contributed by atoms with van der Waals surface area (Å²) in [5.74, 6) is 1.82. The average molecular weight is 142 g/mol. The first-order valence-electron chi connectivity index (χ1n) is 4.40. The van der Waals surface area contributed by atoms with E-state index in [2.05, 4.69) is 13.8 Å². The molecular formula is C9H18O. The Morgan fingerprint density at radius 2 is 2.20 bits per heavy atom. The molecule has 0 N–H and O–H groups in total. The van der Waals surface area contributed by atoms with Gasteiger partial charge in [-0.3, -0.25) is 0 Å². The molecule has 1 nitrogen and oxygen atoms in total. The molecule has 0 spiro atoms. The monoisotopic (exact) mass is 142 g/mol. The van der Waals surface area contributed by atoms with Gasteiger partial charge in [0.2, 0.25) is 0 Å². The van der Waals surface area contributed by atoms with E-state index in [4.69, 9.17) is 4.74 Å². The molecule has 0 amide bonds. The number of ether oxygens (including phenoxy) is 1. The van der Waals surface area contributed by atoms with Gasteiger partial charge in [-0.15, -0.1) is 0 Å². The Morgan fingerprint density at radius 3 is 2.70 bits per heavy atom. The van der Waals surface area contributed by atoms with Gasteiger partial charge in [-0.1, -0.05) is 13.3 Å². The quantitative estimate of drug-likeness (QED) is 0.588. The molecule has 0 aromatic carbocycles. The van der Waals surface area contributed by atoms with Gasteiger partial charge in [0.05, 0.1) is 0 Å². The molecular weight excluding hydrogens is 124 g/mol. The third-order valence-electron chi connectivity index (χ3n) is 2.36. The van der Waals surface area contributed by atoms with E-state index in [1.54, 1.807) is 0 Å². The van der Waals surface area contributed by atoms with Crippen LogP contribution in [0.15, 0.2) is 0 Å². The highest BCUT2D eigenvalue weighted by molar-refractivity contribution is 4.71. The first-order valence-corrected chi connectivity index (χ1v) is 4.40. The van der Waals surface area contributed by atoms with Crippen LogP contribution >= 0.6 is 0 Å². The van der Waals surface area contributed by atoms with Crippen LogP contribution in [0.4, 0.5) is 0 Å². The third kappa shape index (κ3) is 2.30. The minimum absolute atomic E-state index is 0.870. The Kier molecular flexibility index (Phi) is 3.20. The lowest BCUT2D eigenvalue weighted by Gasteiger charge is -2.07. The van der Waals surface area contributed by atoms with E-state index in [9.17, 15) is 0 Å². The van der Waals surface area contributed by atoms with Gasteiger partial charge in [0.25, 0.3) is 0 Å². The maximum atomic E-state index is 5.37. The van der Waals surface area contributed by atoms with Crippen molar-refractivity contribution >= 4 is 0 Å². The fraction of sp³-hybridized carbons (Fsp3) is 1.00. The lowest BCUT2D eigenvalue weighted by atomic mass is 10.1.